The van der Waals surface area contributed by atoms with E-state index < -0.39 is 0 Å². The predicted octanol–water partition coefficient (Wildman–Crippen LogP) is 5.83. The van der Waals surface area contributed by atoms with Crippen molar-refractivity contribution in [2.75, 3.05) is 6.61 Å². The average Bonchev–Trinajstić information content (AvgIpc) is 2.10. The van der Waals surface area contributed by atoms with Crippen LogP contribution in [0.15, 0.2) is 12.2 Å². The summed E-state index contributed by atoms with van der Waals surface area (Å²) in [5, 5.41) is 9.42. The third kappa shape index (κ3) is 9.58. The molecule has 0 fully saturated rings. The lowest BCUT2D eigenvalue weighted by atomic mass is 9.72. The van der Waals surface area contributed by atoms with E-state index >= 15 is 0 Å². The summed E-state index contributed by atoms with van der Waals surface area (Å²) in [5.41, 5.74) is 0.863. The van der Waals surface area contributed by atoms with E-state index in [1.165, 1.54) is 6.42 Å². The van der Waals surface area contributed by atoms with Crippen LogP contribution in [0, 0.1) is 21.7 Å². The van der Waals surface area contributed by atoms with Crippen LogP contribution >= 0.6 is 0 Å². The zero-order valence-corrected chi connectivity index (χ0v) is 15.4. The minimum absolute atomic E-state index is 0.0122. The third-order valence-corrected chi connectivity index (χ3v) is 3.61. The normalized spacial score (nSPS) is 15.1. The van der Waals surface area contributed by atoms with E-state index in [0.29, 0.717) is 5.41 Å². The number of rotatable bonds is 7. The topological polar surface area (TPSA) is 20.2 Å². The van der Waals surface area contributed by atoms with Crippen molar-refractivity contribution in [1.29, 1.82) is 0 Å². The fourth-order valence-electron chi connectivity index (χ4n) is 3.55. The SMILES string of the molecule is CC(C)(C)CC(C)(C)C=CCC(C)(C)CC(C)(C)CO. The first-order valence-electron chi connectivity index (χ1n) is 7.97. The molecule has 120 valence electrons. The Balaban J connectivity index is 4.56. The lowest BCUT2D eigenvalue weighted by Crippen LogP contribution is -2.26. The molecule has 0 saturated carbocycles. The van der Waals surface area contributed by atoms with Gasteiger partial charge in [-0.05, 0) is 40.9 Å². The van der Waals surface area contributed by atoms with Crippen molar-refractivity contribution in [2.45, 2.75) is 81.6 Å². The second kappa shape index (κ2) is 6.64. The second-order valence-corrected chi connectivity index (χ2v) is 10.00. The second-order valence-electron chi connectivity index (χ2n) is 10.00. The molecule has 0 unspecified atom stereocenters. The first-order valence-corrected chi connectivity index (χ1v) is 7.97. The average molecular weight is 283 g/mol. The number of hydrogen-bond acceptors (Lipinski definition) is 1. The van der Waals surface area contributed by atoms with E-state index in [-0.39, 0.29) is 22.9 Å². The van der Waals surface area contributed by atoms with Crippen LogP contribution in [0.3, 0.4) is 0 Å². The van der Waals surface area contributed by atoms with Gasteiger partial charge in [0.1, 0.15) is 0 Å². The fourth-order valence-corrected chi connectivity index (χ4v) is 3.55. The van der Waals surface area contributed by atoms with Gasteiger partial charge in [-0.25, -0.2) is 0 Å². The zero-order chi connectivity index (χ0) is 16.2. The van der Waals surface area contributed by atoms with Gasteiger partial charge in [0, 0.05) is 6.61 Å². The Kier molecular flexibility index (Phi) is 6.54. The summed E-state index contributed by atoms with van der Waals surface area (Å²) in [4.78, 5) is 0. The monoisotopic (exact) mass is 282 g/mol. The highest BCUT2D eigenvalue weighted by Crippen LogP contribution is 2.38. The highest BCUT2D eigenvalue weighted by Gasteiger charge is 2.28. The molecule has 1 nitrogen and oxygen atoms in total. The lowest BCUT2D eigenvalue weighted by Gasteiger charge is -2.34. The molecule has 0 saturated heterocycles. The van der Waals surface area contributed by atoms with Crippen molar-refractivity contribution >= 4 is 0 Å². The number of aliphatic hydroxyl groups excluding tert-OH is 1. The van der Waals surface area contributed by atoms with Gasteiger partial charge < -0.3 is 5.11 Å². The number of allylic oxidation sites excluding steroid dienone is 2. The van der Waals surface area contributed by atoms with Gasteiger partial charge in [-0.1, -0.05) is 74.5 Å². The molecule has 0 aromatic carbocycles. The first kappa shape index (κ1) is 19.7. The molecular weight excluding hydrogens is 244 g/mol. The summed E-state index contributed by atoms with van der Waals surface area (Å²) >= 11 is 0. The highest BCUT2D eigenvalue weighted by molar-refractivity contribution is 4.99. The van der Waals surface area contributed by atoms with Crippen LogP contribution < -0.4 is 0 Å². The Morgan fingerprint density at radius 1 is 0.750 bits per heavy atom. The molecule has 0 bridgehead atoms. The van der Waals surface area contributed by atoms with E-state index in [1.807, 2.05) is 0 Å². The van der Waals surface area contributed by atoms with E-state index in [4.69, 9.17) is 0 Å². The lowest BCUT2D eigenvalue weighted by molar-refractivity contribution is 0.104. The van der Waals surface area contributed by atoms with Gasteiger partial charge in [0.15, 0.2) is 0 Å². The maximum absolute atomic E-state index is 9.42. The van der Waals surface area contributed by atoms with Crippen molar-refractivity contribution in [3.05, 3.63) is 12.2 Å². The molecule has 0 aliphatic carbocycles. The van der Waals surface area contributed by atoms with E-state index in [2.05, 4.69) is 74.5 Å². The molecule has 0 rings (SSSR count). The van der Waals surface area contributed by atoms with Crippen LogP contribution in [-0.4, -0.2) is 11.7 Å². The van der Waals surface area contributed by atoms with Crippen molar-refractivity contribution < 1.29 is 5.11 Å². The maximum atomic E-state index is 9.42. The standard InChI is InChI=1S/C19H38O/c1-16(2,3)13-17(4,5)11-10-12-18(6,7)14-19(8,9)15-20/h10-11,20H,12-15H2,1-9H3. The van der Waals surface area contributed by atoms with Crippen LogP contribution in [0.25, 0.3) is 0 Å². The van der Waals surface area contributed by atoms with Crippen LogP contribution in [0.1, 0.15) is 81.6 Å². The van der Waals surface area contributed by atoms with Crippen molar-refractivity contribution in [2.24, 2.45) is 21.7 Å². The molecule has 1 heteroatoms. The minimum atomic E-state index is 0.0122. The van der Waals surface area contributed by atoms with E-state index in [9.17, 15) is 5.11 Å². The summed E-state index contributed by atoms with van der Waals surface area (Å²) in [6, 6.07) is 0. The molecule has 0 atom stereocenters. The van der Waals surface area contributed by atoms with Gasteiger partial charge in [-0.3, -0.25) is 0 Å². The van der Waals surface area contributed by atoms with Crippen LogP contribution in [0.4, 0.5) is 0 Å². The largest absolute Gasteiger partial charge is 0.396 e. The molecule has 0 aliphatic heterocycles. The molecule has 0 aliphatic rings. The Morgan fingerprint density at radius 3 is 1.65 bits per heavy atom. The Hall–Kier alpha value is -0.300. The predicted molar refractivity (Wildman–Crippen MR) is 90.9 cm³/mol. The van der Waals surface area contributed by atoms with Gasteiger partial charge in [-0.15, -0.1) is 0 Å². The number of hydrogen-bond donors (Lipinski definition) is 1. The maximum Gasteiger partial charge on any atom is 0.0482 e. The molecular formula is C19H38O. The van der Waals surface area contributed by atoms with Crippen molar-refractivity contribution in [3.63, 3.8) is 0 Å². The summed E-state index contributed by atoms with van der Waals surface area (Å²) in [7, 11) is 0. The van der Waals surface area contributed by atoms with E-state index in [0.717, 1.165) is 12.8 Å². The molecule has 1 N–H and O–H groups in total. The van der Waals surface area contributed by atoms with E-state index in [1.54, 1.807) is 0 Å². The third-order valence-electron chi connectivity index (χ3n) is 3.61. The quantitative estimate of drug-likeness (QED) is 0.582. The summed E-state index contributed by atoms with van der Waals surface area (Å²) < 4.78 is 0. The zero-order valence-electron chi connectivity index (χ0n) is 15.4. The van der Waals surface area contributed by atoms with Gasteiger partial charge in [0.2, 0.25) is 0 Å². The van der Waals surface area contributed by atoms with Gasteiger partial charge in [0.05, 0.1) is 0 Å². The molecule has 20 heavy (non-hydrogen) atoms. The molecule has 0 aromatic heterocycles. The molecule has 0 amide bonds. The first-order chi connectivity index (χ1) is 8.68. The molecule has 0 radical (unpaired) electrons. The highest BCUT2D eigenvalue weighted by atomic mass is 16.3. The molecule has 0 spiro atoms. The van der Waals surface area contributed by atoms with Gasteiger partial charge in [-0.2, -0.15) is 0 Å². The number of aliphatic hydroxyl groups is 1. The smallest absolute Gasteiger partial charge is 0.0482 e. The summed E-state index contributed by atoms with van der Waals surface area (Å²) in [6.07, 6.45) is 8.04. The van der Waals surface area contributed by atoms with Gasteiger partial charge in [0.25, 0.3) is 0 Å². The Morgan fingerprint density at radius 2 is 1.25 bits per heavy atom. The van der Waals surface area contributed by atoms with Crippen molar-refractivity contribution in [3.8, 4) is 0 Å². The Bertz CT molecular complexity index is 313. The minimum Gasteiger partial charge on any atom is -0.396 e. The Labute approximate surface area is 127 Å². The van der Waals surface area contributed by atoms with Crippen molar-refractivity contribution in [1.82, 2.24) is 0 Å². The summed E-state index contributed by atoms with van der Waals surface area (Å²) in [6.45, 7) is 20.7. The molecule has 0 heterocycles. The fraction of sp³-hybridized carbons (Fsp3) is 0.895. The summed E-state index contributed by atoms with van der Waals surface area (Å²) in [5.74, 6) is 0. The van der Waals surface area contributed by atoms with Crippen LogP contribution in [0.2, 0.25) is 0 Å². The van der Waals surface area contributed by atoms with Gasteiger partial charge >= 0.3 is 0 Å². The van der Waals surface area contributed by atoms with Crippen LogP contribution in [0.5, 0.6) is 0 Å². The molecule has 0 aromatic rings. The van der Waals surface area contributed by atoms with Crippen LogP contribution in [-0.2, 0) is 0 Å².